The quantitative estimate of drug-likeness (QED) is 0.637. The van der Waals surface area contributed by atoms with Crippen LogP contribution < -0.4 is 15.9 Å². The molecule has 0 aliphatic heterocycles. The molecule has 1 atom stereocenters. The van der Waals surface area contributed by atoms with E-state index in [0.29, 0.717) is 22.8 Å². The molecule has 0 aliphatic rings. The summed E-state index contributed by atoms with van der Waals surface area (Å²) in [5, 5.41) is 0. The van der Waals surface area contributed by atoms with Crippen LogP contribution in [0.4, 0.5) is 8.78 Å². The van der Waals surface area contributed by atoms with E-state index in [0.717, 1.165) is 18.2 Å². The van der Waals surface area contributed by atoms with Gasteiger partial charge in [-0.2, -0.15) is 0 Å². The maximum Gasteiger partial charge on any atom is 0.255 e. The van der Waals surface area contributed by atoms with Crippen molar-refractivity contribution in [1.82, 2.24) is 9.13 Å². The van der Waals surface area contributed by atoms with Crippen LogP contribution in [0.5, 0.6) is 11.5 Å². The predicted octanol–water partition coefficient (Wildman–Crippen LogP) is 2.93. The minimum atomic E-state index is -1.29. The molecule has 3 aromatic rings. The Hall–Kier alpha value is -3.07. The highest BCUT2D eigenvalue weighted by Gasteiger charge is 2.16. The number of rotatable bonds is 5. The largest absolute Gasteiger partial charge is 0.453 e. The van der Waals surface area contributed by atoms with Crippen LogP contribution in [0, 0.1) is 18.6 Å². The molecule has 0 saturated carbocycles. The van der Waals surface area contributed by atoms with Gasteiger partial charge in [-0.25, -0.2) is 8.78 Å². The molecule has 0 aliphatic carbocycles. The Kier molecular flexibility index (Phi) is 5.78. The number of halogens is 2. The van der Waals surface area contributed by atoms with Gasteiger partial charge < -0.3 is 13.9 Å². The Bertz CT molecular complexity index is 1210. The highest BCUT2D eigenvalue weighted by Crippen LogP contribution is 2.33. The lowest BCUT2D eigenvalue weighted by Gasteiger charge is -2.15. The number of aromatic nitrogens is 2. The monoisotopic (exact) mass is 420 g/mol. The van der Waals surface area contributed by atoms with Crippen molar-refractivity contribution in [2.75, 3.05) is 6.26 Å². The molecule has 0 saturated heterocycles. The number of hydrogen-bond donors (Lipinski definition) is 0. The summed E-state index contributed by atoms with van der Waals surface area (Å²) in [5.41, 5.74) is 0.697. The van der Waals surface area contributed by atoms with E-state index in [2.05, 4.69) is 0 Å². The lowest BCUT2D eigenvalue weighted by atomic mass is 10.1. The van der Waals surface area contributed by atoms with Crippen molar-refractivity contribution >= 4 is 10.8 Å². The number of pyridine rings is 2. The zero-order valence-corrected chi connectivity index (χ0v) is 16.8. The minimum Gasteiger partial charge on any atom is -0.453 e. The first-order chi connectivity index (χ1) is 13.7. The molecule has 0 bridgehead atoms. The third-order valence-electron chi connectivity index (χ3n) is 4.20. The van der Waals surface area contributed by atoms with Crippen LogP contribution in [0.25, 0.3) is 11.1 Å². The Morgan fingerprint density at radius 1 is 1.07 bits per heavy atom. The number of ether oxygens (including phenoxy) is 1. The van der Waals surface area contributed by atoms with E-state index < -0.39 is 28.0 Å². The number of nitrogens with zero attached hydrogens (tertiary/aromatic N) is 2. The predicted molar refractivity (Wildman–Crippen MR) is 107 cm³/mol. The van der Waals surface area contributed by atoms with Gasteiger partial charge in [-0.05, 0) is 25.1 Å². The Balaban J connectivity index is 2.21. The molecule has 0 fully saturated rings. The fourth-order valence-corrected chi connectivity index (χ4v) is 3.45. The van der Waals surface area contributed by atoms with Crippen LogP contribution in [0.2, 0.25) is 0 Å². The average Bonchev–Trinajstić information content (AvgIpc) is 2.63. The first kappa shape index (κ1) is 20.7. The maximum absolute atomic E-state index is 14.1. The highest BCUT2D eigenvalue weighted by molar-refractivity contribution is 7.83. The minimum absolute atomic E-state index is 0.0247. The molecule has 1 aromatic carbocycles. The van der Waals surface area contributed by atoms with E-state index in [1.165, 1.54) is 21.6 Å². The first-order valence-electron chi connectivity index (χ1n) is 8.51. The molecule has 0 N–H and O–H groups in total. The molecule has 2 aromatic heterocycles. The van der Waals surface area contributed by atoms with Gasteiger partial charge >= 0.3 is 0 Å². The average molecular weight is 420 g/mol. The summed E-state index contributed by atoms with van der Waals surface area (Å²) in [4.78, 5) is 24.4. The molecule has 1 unspecified atom stereocenters. The van der Waals surface area contributed by atoms with Crippen LogP contribution in [-0.2, 0) is 23.7 Å². The SMILES string of the molecule is Cc1cc(-c2cn(CS(C)=O)c(=O)cc2Oc2ccc(F)cc2F)cn(C)c1=O. The molecule has 2 heterocycles. The summed E-state index contributed by atoms with van der Waals surface area (Å²) in [6.45, 7) is 1.64. The smallest absolute Gasteiger partial charge is 0.255 e. The molecule has 3 rings (SSSR count). The summed E-state index contributed by atoms with van der Waals surface area (Å²) >= 11 is 0. The third kappa shape index (κ3) is 4.51. The van der Waals surface area contributed by atoms with Gasteiger partial charge in [0, 0.05) is 65.3 Å². The highest BCUT2D eigenvalue weighted by atomic mass is 32.2. The van der Waals surface area contributed by atoms with Crippen LogP contribution in [-0.4, -0.2) is 19.6 Å². The fraction of sp³-hybridized carbons (Fsp3) is 0.200. The molecule has 152 valence electrons. The zero-order chi connectivity index (χ0) is 21.3. The molecular formula is C20H18F2N2O4S. The van der Waals surface area contributed by atoms with Gasteiger partial charge in [-0.1, -0.05) is 0 Å². The molecule has 0 amide bonds. The summed E-state index contributed by atoms with van der Waals surface area (Å²) in [6.07, 6.45) is 4.46. The van der Waals surface area contributed by atoms with E-state index in [1.54, 1.807) is 26.2 Å². The summed E-state index contributed by atoms with van der Waals surface area (Å²) in [7, 11) is 0.290. The molecule has 0 radical (unpaired) electrons. The van der Waals surface area contributed by atoms with Crippen molar-refractivity contribution in [1.29, 1.82) is 0 Å². The van der Waals surface area contributed by atoms with Crippen molar-refractivity contribution in [2.24, 2.45) is 7.05 Å². The van der Waals surface area contributed by atoms with Crippen molar-refractivity contribution < 1.29 is 17.7 Å². The second kappa shape index (κ2) is 8.12. The second-order valence-corrected chi connectivity index (χ2v) is 7.97. The van der Waals surface area contributed by atoms with Gasteiger partial charge in [0.1, 0.15) is 17.4 Å². The van der Waals surface area contributed by atoms with E-state index in [1.807, 2.05) is 0 Å². The zero-order valence-electron chi connectivity index (χ0n) is 15.9. The van der Waals surface area contributed by atoms with Gasteiger partial charge in [-0.3, -0.25) is 13.8 Å². The maximum atomic E-state index is 14.1. The second-order valence-electron chi connectivity index (χ2n) is 6.57. The number of aryl methyl sites for hydroxylation is 2. The lowest BCUT2D eigenvalue weighted by molar-refractivity contribution is 0.437. The Morgan fingerprint density at radius 2 is 1.79 bits per heavy atom. The summed E-state index contributed by atoms with van der Waals surface area (Å²) < 4.78 is 47.1. The van der Waals surface area contributed by atoms with Crippen molar-refractivity contribution in [3.05, 3.63) is 80.6 Å². The van der Waals surface area contributed by atoms with Gasteiger partial charge in [0.25, 0.3) is 11.1 Å². The molecular weight excluding hydrogens is 402 g/mol. The van der Waals surface area contributed by atoms with Crippen LogP contribution in [0.15, 0.2) is 52.3 Å². The van der Waals surface area contributed by atoms with Gasteiger partial charge in [-0.15, -0.1) is 0 Å². The first-order valence-corrected chi connectivity index (χ1v) is 10.2. The Morgan fingerprint density at radius 3 is 2.41 bits per heavy atom. The van der Waals surface area contributed by atoms with Gasteiger partial charge in [0.15, 0.2) is 11.6 Å². The van der Waals surface area contributed by atoms with E-state index in [9.17, 15) is 22.6 Å². The van der Waals surface area contributed by atoms with Crippen molar-refractivity contribution in [3.8, 4) is 22.6 Å². The summed E-state index contributed by atoms with van der Waals surface area (Å²) in [6, 6.07) is 5.59. The van der Waals surface area contributed by atoms with E-state index >= 15 is 0 Å². The fourth-order valence-electron chi connectivity index (χ4n) is 2.86. The van der Waals surface area contributed by atoms with Gasteiger partial charge in [0.2, 0.25) is 0 Å². The topological polar surface area (TPSA) is 70.3 Å². The van der Waals surface area contributed by atoms with Crippen molar-refractivity contribution in [2.45, 2.75) is 12.8 Å². The summed E-state index contributed by atoms with van der Waals surface area (Å²) in [5.74, 6) is -1.96. The third-order valence-corrected chi connectivity index (χ3v) is 4.84. The van der Waals surface area contributed by atoms with E-state index in [-0.39, 0.29) is 22.9 Å². The standard InChI is InChI=1S/C20H18F2N2O4S/c1-12-6-13(9-23(2)20(12)26)15-10-24(11-29(3)27)19(25)8-18(15)28-17-5-4-14(21)7-16(17)22/h4-10H,11H2,1-3H3. The van der Waals surface area contributed by atoms with Crippen LogP contribution in [0.1, 0.15) is 5.56 Å². The van der Waals surface area contributed by atoms with Crippen LogP contribution >= 0.6 is 0 Å². The normalized spacial score (nSPS) is 12.0. The molecule has 0 spiro atoms. The van der Waals surface area contributed by atoms with Crippen LogP contribution in [0.3, 0.4) is 0 Å². The van der Waals surface area contributed by atoms with Crippen molar-refractivity contribution in [3.63, 3.8) is 0 Å². The number of benzene rings is 1. The molecule has 9 heteroatoms. The van der Waals surface area contributed by atoms with E-state index in [4.69, 9.17) is 4.74 Å². The molecule has 6 nitrogen and oxygen atoms in total. The number of hydrogen-bond acceptors (Lipinski definition) is 4. The van der Waals surface area contributed by atoms with Gasteiger partial charge in [0.05, 0.1) is 0 Å². The lowest BCUT2D eigenvalue weighted by Crippen LogP contribution is -2.22. The Labute approximate surface area is 167 Å². The molecule has 29 heavy (non-hydrogen) atoms.